The van der Waals surface area contributed by atoms with Gasteiger partial charge < -0.3 is 10.1 Å². The summed E-state index contributed by atoms with van der Waals surface area (Å²) in [4.78, 5) is 23.5. The molecule has 0 aromatic heterocycles. The average Bonchev–Trinajstić information content (AvgIpc) is 2.46. The van der Waals surface area contributed by atoms with Gasteiger partial charge in [0.1, 0.15) is 0 Å². The zero-order chi connectivity index (χ0) is 15.1. The molecule has 1 fully saturated rings. The molecule has 1 aliphatic carbocycles. The Hall–Kier alpha value is -1.84. The molecular formula is C17H23NO3. The summed E-state index contributed by atoms with van der Waals surface area (Å²) in [5.41, 5.74) is 2.02. The summed E-state index contributed by atoms with van der Waals surface area (Å²) in [5, 5.41) is 2.93. The molecule has 0 aliphatic heterocycles. The van der Waals surface area contributed by atoms with E-state index in [1.54, 1.807) is 0 Å². The SMILES string of the molecule is Cc1cccc(CC(=O)OCC(=O)NC2CCCCC2)c1. The summed E-state index contributed by atoms with van der Waals surface area (Å²) >= 11 is 0. The molecule has 0 heterocycles. The number of aryl methyl sites for hydroxylation is 1. The molecule has 21 heavy (non-hydrogen) atoms. The van der Waals surface area contributed by atoms with Crippen molar-refractivity contribution in [3.05, 3.63) is 35.4 Å². The van der Waals surface area contributed by atoms with Crippen molar-refractivity contribution < 1.29 is 14.3 Å². The first-order chi connectivity index (χ1) is 10.1. The normalized spacial score (nSPS) is 15.5. The van der Waals surface area contributed by atoms with Gasteiger partial charge in [-0.2, -0.15) is 0 Å². The van der Waals surface area contributed by atoms with Crippen molar-refractivity contribution in [2.75, 3.05) is 6.61 Å². The third kappa shape index (κ3) is 5.58. The van der Waals surface area contributed by atoms with E-state index in [1.165, 1.54) is 6.42 Å². The maximum absolute atomic E-state index is 11.7. The molecule has 114 valence electrons. The van der Waals surface area contributed by atoms with Crippen LogP contribution in [0.25, 0.3) is 0 Å². The first-order valence-corrected chi connectivity index (χ1v) is 7.64. The van der Waals surface area contributed by atoms with Gasteiger partial charge in [0.05, 0.1) is 6.42 Å². The maximum Gasteiger partial charge on any atom is 0.310 e. The predicted octanol–water partition coefficient (Wildman–Crippen LogP) is 2.53. The van der Waals surface area contributed by atoms with Crippen LogP contribution >= 0.6 is 0 Å². The first kappa shape index (κ1) is 15.5. The van der Waals surface area contributed by atoms with E-state index in [1.807, 2.05) is 31.2 Å². The smallest absolute Gasteiger partial charge is 0.310 e. The van der Waals surface area contributed by atoms with E-state index in [9.17, 15) is 9.59 Å². The lowest BCUT2D eigenvalue weighted by molar-refractivity contribution is -0.148. The number of benzene rings is 1. The van der Waals surface area contributed by atoms with E-state index in [2.05, 4.69) is 5.32 Å². The lowest BCUT2D eigenvalue weighted by Gasteiger charge is -2.22. The summed E-state index contributed by atoms with van der Waals surface area (Å²) in [6.45, 7) is 1.80. The predicted molar refractivity (Wildman–Crippen MR) is 80.9 cm³/mol. The number of amides is 1. The third-order valence-electron chi connectivity index (χ3n) is 3.77. The molecule has 0 atom stereocenters. The summed E-state index contributed by atoms with van der Waals surface area (Å²) < 4.78 is 5.04. The number of carbonyl (C=O) groups is 2. The second-order valence-electron chi connectivity index (χ2n) is 5.73. The Morgan fingerprint density at radius 2 is 2.00 bits per heavy atom. The zero-order valence-electron chi connectivity index (χ0n) is 12.6. The minimum atomic E-state index is -0.362. The molecule has 1 aromatic carbocycles. The van der Waals surface area contributed by atoms with Gasteiger partial charge in [-0.05, 0) is 25.3 Å². The highest BCUT2D eigenvalue weighted by atomic mass is 16.5. The molecule has 4 nitrogen and oxygen atoms in total. The molecule has 0 unspecified atom stereocenters. The van der Waals surface area contributed by atoms with E-state index in [-0.39, 0.29) is 30.9 Å². The van der Waals surface area contributed by atoms with Gasteiger partial charge >= 0.3 is 5.97 Å². The fourth-order valence-electron chi connectivity index (χ4n) is 2.70. The van der Waals surface area contributed by atoms with E-state index < -0.39 is 0 Å². The van der Waals surface area contributed by atoms with Crippen LogP contribution < -0.4 is 5.32 Å². The topological polar surface area (TPSA) is 55.4 Å². The molecule has 1 N–H and O–H groups in total. The van der Waals surface area contributed by atoms with Gasteiger partial charge in [-0.25, -0.2) is 0 Å². The minimum Gasteiger partial charge on any atom is -0.455 e. The highest BCUT2D eigenvalue weighted by Gasteiger charge is 2.16. The second-order valence-corrected chi connectivity index (χ2v) is 5.73. The quantitative estimate of drug-likeness (QED) is 0.847. The van der Waals surface area contributed by atoms with Crippen molar-refractivity contribution in [1.82, 2.24) is 5.32 Å². The fourth-order valence-corrected chi connectivity index (χ4v) is 2.70. The van der Waals surface area contributed by atoms with Crippen molar-refractivity contribution in [3.8, 4) is 0 Å². The van der Waals surface area contributed by atoms with Crippen LogP contribution in [0.4, 0.5) is 0 Å². The van der Waals surface area contributed by atoms with Crippen LogP contribution in [0, 0.1) is 6.92 Å². The molecule has 0 saturated heterocycles. The Bertz CT molecular complexity index is 493. The number of carbonyl (C=O) groups excluding carboxylic acids is 2. The van der Waals surface area contributed by atoms with E-state index in [4.69, 9.17) is 4.74 Å². The Balaban J connectivity index is 1.69. The molecule has 1 aliphatic rings. The van der Waals surface area contributed by atoms with Gasteiger partial charge in [0, 0.05) is 6.04 Å². The van der Waals surface area contributed by atoms with E-state index in [0.717, 1.165) is 36.8 Å². The maximum atomic E-state index is 11.7. The number of esters is 1. The molecular weight excluding hydrogens is 266 g/mol. The highest BCUT2D eigenvalue weighted by molar-refractivity contribution is 5.81. The number of nitrogens with one attached hydrogen (secondary N) is 1. The molecule has 0 spiro atoms. The van der Waals surface area contributed by atoms with Crippen LogP contribution in [0.15, 0.2) is 24.3 Å². The number of ether oxygens (including phenoxy) is 1. The summed E-state index contributed by atoms with van der Waals surface area (Å²) in [6.07, 6.45) is 5.85. The molecule has 4 heteroatoms. The Kier molecular flexibility index (Phi) is 5.78. The molecule has 0 radical (unpaired) electrons. The van der Waals surface area contributed by atoms with Crippen molar-refractivity contribution >= 4 is 11.9 Å². The first-order valence-electron chi connectivity index (χ1n) is 7.64. The van der Waals surface area contributed by atoms with Crippen LogP contribution in [-0.2, 0) is 20.7 Å². The lowest BCUT2D eigenvalue weighted by Crippen LogP contribution is -2.38. The Morgan fingerprint density at radius 1 is 1.24 bits per heavy atom. The number of hydrogen-bond donors (Lipinski definition) is 1. The van der Waals surface area contributed by atoms with Gasteiger partial charge in [0.25, 0.3) is 5.91 Å². The summed E-state index contributed by atoms with van der Waals surface area (Å²) in [6, 6.07) is 7.97. The minimum absolute atomic E-state index is 0.179. The van der Waals surface area contributed by atoms with Crippen molar-refractivity contribution in [2.24, 2.45) is 0 Å². The Morgan fingerprint density at radius 3 is 2.71 bits per heavy atom. The van der Waals surface area contributed by atoms with Crippen LogP contribution in [0.2, 0.25) is 0 Å². The van der Waals surface area contributed by atoms with Crippen LogP contribution in [-0.4, -0.2) is 24.5 Å². The molecule has 2 rings (SSSR count). The molecule has 1 amide bonds. The molecule has 1 saturated carbocycles. The fraction of sp³-hybridized carbons (Fsp3) is 0.529. The van der Waals surface area contributed by atoms with Crippen molar-refractivity contribution in [2.45, 2.75) is 51.5 Å². The summed E-state index contributed by atoms with van der Waals surface area (Å²) in [5.74, 6) is -0.557. The second kappa shape index (κ2) is 7.81. The zero-order valence-corrected chi connectivity index (χ0v) is 12.6. The van der Waals surface area contributed by atoms with Gasteiger partial charge in [-0.1, -0.05) is 49.1 Å². The average molecular weight is 289 g/mol. The van der Waals surface area contributed by atoms with Crippen molar-refractivity contribution in [1.29, 1.82) is 0 Å². The molecule has 1 aromatic rings. The van der Waals surface area contributed by atoms with Gasteiger partial charge in [0.15, 0.2) is 6.61 Å². The van der Waals surface area contributed by atoms with Crippen LogP contribution in [0.5, 0.6) is 0 Å². The third-order valence-corrected chi connectivity index (χ3v) is 3.77. The van der Waals surface area contributed by atoms with Gasteiger partial charge in [-0.15, -0.1) is 0 Å². The molecule has 0 bridgehead atoms. The monoisotopic (exact) mass is 289 g/mol. The van der Waals surface area contributed by atoms with Crippen molar-refractivity contribution in [3.63, 3.8) is 0 Å². The number of rotatable bonds is 5. The van der Waals surface area contributed by atoms with E-state index in [0.29, 0.717) is 0 Å². The number of hydrogen-bond acceptors (Lipinski definition) is 3. The van der Waals surface area contributed by atoms with E-state index >= 15 is 0 Å². The summed E-state index contributed by atoms with van der Waals surface area (Å²) in [7, 11) is 0. The highest BCUT2D eigenvalue weighted by Crippen LogP contribution is 2.17. The van der Waals surface area contributed by atoms with Gasteiger partial charge in [0.2, 0.25) is 0 Å². The van der Waals surface area contributed by atoms with Crippen LogP contribution in [0.1, 0.15) is 43.2 Å². The lowest BCUT2D eigenvalue weighted by atomic mass is 9.95. The Labute approximate surface area is 125 Å². The van der Waals surface area contributed by atoms with Gasteiger partial charge in [-0.3, -0.25) is 9.59 Å². The standard InChI is InChI=1S/C17H23NO3/c1-13-6-5-7-14(10-13)11-17(20)21-12-16(19)18-15-8-3-2-4-9-15/h5-7,10,15H,2-4,8-9,11-12H2,1H3,(H,18,19). The largest absolute Gasteiger partial charge is 0.455 e. The van der Waals surface area contributed by atoms with Crippen LogP contribution in [0.3, 0.4) is 0 Å².